The standard InChI is InChI=1S/C22H30N4S2.HI/c1-23-21(24-17-22(10-11-22)28-20-5-3-2-4-6-20)25-19-7-12-26(13-8-19)15-18-9-14-27-16-18;/h2-6,9,14,16,19H,7-8,10-13,15,17H2,1H3,(H2,23,24,25);1H. The van der Waals surface area contributed by atoms with Crippen molar-refractivity contribution in [1.82, 2.24) is 15.5 Å². The van der Waals surface area contributed by atoms with E-state index in [1.54, 1.807) is 11.3 Å². The molecule has 1 aromatic heterocycles. The number of hydrogen-bond donors (Lipinski definition) is 2. The lowest BCUT2D eigenvalue weighted by Crippen LogP contribution is -2.49. The van der Waals surface area contributed by atoms with Gasteiger partial charge in [0.05, 0.1) is 0 Å². The van der Waals surface area contributed by atoms with Crippen LogP contribution < -0.4 is 10.6 Å². The van der Waals surface area contributed by atoms with Crippen molar-refractivity contribution in [3.8, 4) is 0 Å². The van der Waals surface area contributed by atoms with Crippen LogP contribution in [0.4, 0.5) is 0 Å². The van der Waals surface area contributed by atoms with Crippen LogP contribution in [0.3, 0.4) is 0 Å². The summed E-state index contributed by atoms with van der Waals surface area (Å²) in [5.41, 5.74) is 1.44. The number of thioether (sulfide) groups is 1. The lowest BCUT2D eigenvalue weighted by molar-refractivity contribution is 0.198. The second-order valence-corrected chi connectivity index (χ2v) is 10.2. The van der Waals surface area contributed by atoms with E-state index in [1.807, 2.05) is 18.8 Å². The summed E-state index contributed by atoms with van der Waals surface area (Å²) < 4.78 is 0.336. The second-order valence-electron chi connectivity index (χ2n) is 7.85. The predicted octanol–water partition coefficient (Wildman–Crippen LogP) is 4.82. The summed E-state index contributed by atoms with van der Waals surface area (Å²) >= 11 is 3.79. The molecule has 1 aromatic carbocycles. The Hall–Kier alpha value is -0.770. The zero-order chi connectivity index (χ0) is 19.2. The normalized spacial score (nSPS) is 19.4. The van der Waals surface area contributed by atoms with Crippen molar-refractivity contribution in [2.75, 3.05) is 26.7 Å². The van der Waals surface area contributed by atoms with E-state index in [-0.39, 0.29) is 24.0 Å². The van der Waals surface area contributed by atoms with Gasteiger partial charge in [0, 0.05) is 48.9 Å². The summed E-state index contributed by atoms with van der Waals surface area (Å²) in [5, 5.41) is 11.7. The number of nitrogens with zero attached hydrogens (tertiary/aromatic N) is 2. The smallest absolute Gasteiger partial charge is 0.191 e. The molecule has 1 aliphatic heterocycles. The highest BCUT2D eigenvalue weighted by molar-refractivity contribution is 14.0. The van der Waals surface area contributed by atoms with Crippen molar-refractivity contribution in [2.24, 2.45) is 4.99 Å². The molecule has 1 aliphatic carbocycles. The van der Waals surface area contributed by atoms with Gasteiger partial charge in [0.25, 0.3) is 0 Å². The molecule has 0 amide bonds. The molecule has 2 aliphatic rings. The maximum absolute atomic E-state index is 4.47. The van der Waals surface area contributed by atoms with Crippen LogP contribution in [0.15, 0.2) is 57.0 Å². The van der Waals surface area contributed by atoms with Crippen LogP contribution in [0.1, 0.15) is 31.2 Å². The molecular formula is C22H31IN4S2. The van der Waals surface area contributed by atoms with Gasteiger partial charge in [-0.05, 0) is 60.2 Å². The number of halogens is 1. The average molecular weight is 543 g/mol. The van der Waals surface area contributed by atoms with E-state index in [4.69, 9.17) is 0 Å². The third kappa shape index (κ3) is 6.87. The van der Waals surface area contributed by atoms with Crippen molar-refractivity contribution in [2.45, 2.75) is 47.9 Å². The van der Waals surface area contributed by atoms with Gasteiger partial charge in [-0.1, -0.05) is 18.2 Å². The second kappa shape index (κ2) is 11.0. The van der Waals surface area contributed by atoms with Gasteiger partial charge in [-0.2, -0.15) is 11.3 Å². The fraction of sp³-hybridized carbons (Fsp3) is 0.500. The SMILES string of the molecule is CN=C(NCC1(Sc2ccccc2)CC1)NC1CCN(Cc2ccsc2)CC1.I. The van der Waals surface area contributed by atoms with Crippen LogP contribution in [-0.2, 0) is 6.54 Å². The molecule has 4 nitrogen and oxygen atoms in total. The molecule has 4 rings (SSSR count). The van der Waals surface area contributed by atoms with Crippen molar-refractivity contribution in [3.05, 3.63) is 52.7 Å². The number of rotatable bonds is 7. The van der Waals surface area contributed by atoms with Gasteiger partial charge >= 0.3 is 0 Å². The number of hydrogen-bond acceptors (Lipinski definition) is 4. The van der Waals surface area contributed by atoms with Crippen LogP contribution in [-0.4, -0.2) is 48.3 Å². The minimum absolute atomic E-state index is 0. The molecule has 1 saturated heterocycles. The van der Waals surface area contributed by atoms with E-state index >= 15 is 0 Å². The fourth-order valence-electron chi connectivity index (χ4n) is 3.70. The van der Waals surface area contributed by atoms with E-state index in [2.05, 4.69) is 67.7 Å². The molecule has 29 heavy (non-hydrogen) atoms. The van der Waals surface area contributed by atoms with Crippen LogP contribution in [0.2, 0.25) is 0 Å². The quantitative estimate of drug-likeness (QED) is 0.299. The van der Waals surface area contributed by atoms with E-state index in [1.165, 1.54) is 36.1 Å². The molecule has 0 bridgehead atoms. The number of guanidine groups is 1. The van der Waals surface area contributed by atoms with E-state index in [0.717, 1.165) is 32.1 Å². The summed E-state index contributed by atoms with van der Waals surface area (Å²) in [6.07, 6.45) is 4.90. The molecule has 2 aromatic rings. The molecule has 1 saturated carbocycles. The average Bonchev–Trinajstić information content (AvgIpc) is 3.29. The molecule has 7 heteroatoms. The van der Waals surface area contributed by atoms with Gasteiger partial charge in [-0.25, -0.2) is 0 Å². The first-order chi connectivity index (χ1) is 13.7. The van der Waals surface area contributed by atoms with Gasteiger partial charge < -0.3 is 10.6 Å². The Morgan fingerprint density at radius 2 is 1.97 bits per heavy atom. The first-order valence-corrected chi connectivity index (χ1v) is 12.0. The summed E-state index contributed by atoms with van der Waals surface area (Å²) in [7, 11) is 1.88. The molecule has 0 atom stereocenters. The van der Waals surface area contributed by atoms with Crippen molar-refractivity contribution >= 4 is 53.0 Å². The number of benzene rings is 1. The maximum atomic E-state index is 4.47. The third-order valence-electron chi connectivity index (χ3n) is 5.60. The number of likely N-dealkylation sites (tertiary alicyclic amines) is 1. The fourth-order valence-corrected chi connectivity index (χ4v) is 5.61. The number of piperidine rings is 1. The highest BCUT2D eigenvalue weighted by Crippen LogP contribution is 2.51. The Morgan fingerprint density at radius 3 is 2.59 bits per heavy atom. The largest absolute Gasteiger partial charge is 0.355 e. The maximum Gasteiger partial charge on any atom is 0.191 e. The number of nitrogens with one attached hydrogen (secondary N) is 2. The Morgan fingerprint density at radius 1 is 1.21 bits per heavy atom. The molecule has 158 valence electrons. The molecule has 0 radical (unpaired) electrons. The first-order valence-electron chi connectivity index (χ1n) is 10.2. The molecule has 0 spiro atoms. The Bertz CT molecular complexity index is 754. The highest BCUT2D eigenvalue weighted by atomic mass is 127. The topological polar surface area (TPSA) is 39.7 Å². The minimum atomic E-state index is 0. The monoisotopic (exact) mass is 542 g/mol. The zero-order valence-corrected chi connectivity index (χ0v) is 20.9. The van der Waals surface area contributed by atoms with E-state index < -0.39 is 0 Å². The van der Waals surface area contributed by atoms with Crippen molar-refractivity contribution in [3.63, 3.8) is 0 Å². The van der Waals surface area contributed by atoms with Gasteiger partial charge in [0.2, 0.25) is 0 Å². The molecule has 0 unspecified atom stereocenters. The Balaban J connectivity index is 0.00000240. The van der Waals surface area contributed by atoms with Crippen LogP contribution in [0.25, 0.3) is 0 Å². The molecule has 2 fully saturated rings. The Kier molecular flexibility index (Phi) is 8.70. The molecular weight excluding hydrogens is 511 g/mol. The summed E-state index contributed by atoms with van der Waals surface area (Å²) in [4.78, 5) is 8.40. The lowest BCUT2D eigenvalue weighted by Gasteiger charge is -2.33. The third-order valence-corrected chi connectivity index (χ3v) is 7.83. The van der Waals surface area contributed by atoms with Gasteiger partial charge in [-0.3, -0.25) is 9.89 Å². The van der Waals surface area contributed by atoms with Gasteiger partial charge in [0.1, 0.15) is 0 Å². The Labute approximate surface area is 200 Å². The predicted molar refractivity (Wildman–Crippen MR) is 137 cm³/mol. The summed E-state index contributed by atoms with van der Waals surface area (Å²) in [6.45, 7) is 4.36. The summed E-state index contributed by atoms with van der Waals surface area (Å²) in [6, 6.07) is 13.5. The van der Waals surface area contributed by atoms with Crippen LogP contribution in [0, 0.1) is 0 Å². The lowest BCUT2D eigenvalue weighted by atomic mass is 10.0. The minimum Gasteiger partial charge on any atom is -0.355 e. The zero-order valence-electron chi connectivity index (χ0n) is 17.0. The van der Waals surface area contributed by atoms with Crippen LogP contribution >= 0.6 is 47.1 Å². The number of thiophene rings is 1. The van der Waals surface area contributed by atoms with Crippen molar-refractivity contribution in [1.29, 1.82) is 0 Å². The van der Waals surface area contributed by atoms with E-state index in [0.29, 0.717) is 10.8 Å². The number of aliphatic imine (C=N–C) groups is 1. The molecule has 2 heterocycles. The van der Waals surface area contributed by atoms with E-state index in [9.17, 15) is 0 Å². The van der Waals surface area contributed by atoms with Gasteiger partial charge in [-0.15, -0.1) is 35.7 Å². The first kappa shape index (κ1) is 22.9. The summed E-state index contributed by atoms with van der Waals surface area (Å²) in [5.74, 6) is 0.955. The van der Waals surface area contributed by atoms with Crippen LogP contribution in [0.5, 0.6) is 0 Å². The van der Waals surface area contributed by atoms with Crippen molar-refractivity contribution < 1.29 is 0 Å². The molecule has 2 N–H and O–H groups in total. The highest BCUT2D eigenvalue weighted by Gasteiger charge is 2.43. The van der Waals surface area contributed by atoms with Gasteiger partial charge in [0.15, 0.2) is 5.96 Å².